The molecule has 0 aliphatic heterocycles. The first-order valence-corrected chi connectivity index (χ1v) is 7.69. The van der Waals surface area contributed by atoms with Crippen LogP contribution in [0.5, 0.6) is 0 Å². The average Bonchev–Trinajstić information content (AvgIpc) is 3.13. The topological polar surface area (TPSA) is 41.8 Å². The van der Waals surface area contributed by atoms with Gasteiger partial charge in [0, 0.05) is 31.4 Å². The van der Waals surface area contributed by atoms with Crippen molar-refractivity contribution in [2.45, 2.75) is 24.9 Å². The van der Waals surface area contributed by atoms with Crippen molar-refractivity contribution in [3.63, 3.8) is 0 Å². The molecule has 0 fully saturated rings. The maximum atomic E-state index is 9.60. The van der Waals surface area contributed by atoms with Gasteiger partial charge in [-0.2, -0.15) is 0 Å². The minimum absolute atomic E-state index is 0.0901. The molecule has 2 aromatic rings. The fourth-order valence-corrected chi connectivity index (χ4v) is 4.15. The van der Waals surface area contributed by atoms with E-state index in [-0.39, 0.29) is 11.5 Å². The van der Waals surface area contributed by atoms with E-state index in [4.69, 9.17) is 4.74 Å². The molecule has 0 spiro atoms. The summed E-state index contributed by atoms with van der Waals surface area (Å²) in [6.45, 7) is 0. The van der Waals surface area contributed by atoms with Crippen LogP contribution < -0.4 is 0 Å². The first-order chi connectivity index (χ1) is 10.8. The summed E-state index contributed by atoms with van der Waals surface area (Å²) < 4.78 is 6.04. The van der Waals surface area contributed by atoms with E-state index in [1.807, 2.05) is 18.2 Å². The molecule has 1 unspecified atom stereocenters. The molecule has 2 aliphatic carbocycles. The van der Waals surface area contributed by atoms with E-state index < -0.39 is 0 Å². The number of nitrogens with zero attached hydrogens (tertiary/aromatic N) is 1. The van der Waals surface area contributed by atoms with Gasteiger partial charge in [0.25, 0.3) is 0 Å². The molecule has 0 amide bonds. The van der Waals surface area contributed by atoms with Crippen molar-refractivity contribution in [3.05, 3.63) is 70.8 Å². The molecule has 112 valence electrons. The molecule has 2 aliphatic rings. The van der Waals surface area contributed by atoms with E-state index in [9.17, 15) is 5.21 Å². The van der Waals surface area contributed by atoms with Crippen LogP contribution in [0, 0.1) is 5.92 Å². The number of ether oxygens (including phenoxy) is 1. The summed E-state index contributed by atoms with van der Waals surface area (Å²) in [6, 6.07) is 16.7. The second-order valence-corrected chi connectivity index (χ2v) is 6.29. The van der Waals surface area contributed by atoms with Gasteiger partial charge in [-0.3, -0.25) is 0 Å². The van der Waals surface area contributed by atoms with Crippen molar-refractivity contribution >= 4 is 5.71 Å². The zero-order valence-electron chi connectivity index (χ0n) is 12.6. The van der Waals surface area contributed by atoms with E-state index in [1.165, 1.54) is 16.7 Å². The SMILES string of the molecule is COC1(C2Cc3ccccc3C2=NO)Cc2ccccc2C1. The summed E-state index contributed by atoms with van der Waals surface area (Å²) in [4.78, 5) is 0. The molecule has 22 heavy (non-hydrogen) atoms. The van der Waals surface area contributed by atoms with E-state index >= 15 is 0 Å². The molecule has 1 atom stereocenters. The number of fused-ring (bicyclic) bond motifs is 2. The van der Waals surface area contributed by atoms with E-state index in [2.05, 4.69) is 35.5 Å². The summed E-state index contributed by atoms with van der Waals surface area (Å²) in [6.07, 6.45) is 2.62. The minimum atomic E-state index is -0.315. The standard InChI is InChI=1S/C19H19NO2/c1-22-19(11-14-7-2-3-8-15(14)12-19)17-10-13-6-4-5-9-16(13)18(17)20-21/h2-9,17,21H,10-12H2,1H3. The van der Waals surface area contributed by atoms with Crippen LogP contribution in [0.15, 0.2) is 53.7 Å². The Kier molecular flexibility index (Phi) is 3.05. The molecule has 2 aromatic carbocycles. The Morgan fingerprint density at radius 3 is 2.18 bits per heavy atom. The third-order valence-electron chi connectivity index (χ3n) is 5.29. The van der Waals surface area contributed by atoms with Gasteiger partial charge in [0.2, 0.25) is 0 Å². The monoisotopic (exact) mass is 293 g/mol. The Morgan fingerprint density at radius 1 is 1.00 bits per heavy atom. The lowest BCUT2D eigenvalue weighted by Gasteiger charge is -2.34. The predicted molar refractivity (Wildman–Crippen MR) is 85.5 cm³/mol. The van der Waals surface area contributed by atoms with Crippen molar-refractivity contribution in [3.8, 4) is 0 Å². The zero-order valence-corrected chi connectivity index (χ0v) is 12.6. The smallest absolute Gasteiger partial charge is 0.0933 e. The van der Waals surface area contributed by atoms with E-state index in [1.54, 1.807) is 7.11 Å². The molecule has 1 N–H and O–H groups in total. The van der Waals surface area contributed by atoms with Gasteiger partial charge >= 0.3 is 0 Å². The van der Waals surface area contributed by atoms with Crippen LogP contribution in [0.25, 0.3) is 0 Å². The number of oxime groups is 1. The summed E-state index contributed by atoms with van der Waals surface area (Å²) in [7, 11) is 1.78. The van der Waals surface area contributed by atoms with Crippen molar-refractivity contribution in [2.75, 3.05) is 7.11 Å². The Bertz CT molecular complexity index is 726. The van der Waals surface area contributed by atoms with Crippen LogP contribution in [0.1, 0.15) is 22.3 Å². The second-order valence-electron chi connectivity index (χ2n) is 6.29. The summed E-state index contributed by atoms with van der Waals surface area (Å²) in [5, 5.41) is 13.3. The van der Waals surface area contributed by atoms with Gasteiger partial charge in [-0.15, -0.1) is 0 Å². The van der Waals surface area contributed by atoms with Gasteiger partial charge in [0.1, 0.15) is 0 Å². The van der Waals surface area contributed by atoms with Crippen LogP contribution in [-0.2, 0) is 24.0 Å². The highest BCUT2D eigenvalue weighted by Gasteiger charge is 2.49. The molecule has 0 heterocycles. The molecule has 0 radical (unpaired) electrons. The van der Waals surface area contributed by atoms with Gasteiger partial charge in [0.05, 0.1) is 11.3 Å². The predicted octanol–water partition coefficient (Wildman–Crippen LogP) is 3.22. The number of methoxy groups -OCH3 is 1. The minimum Gasteiger partial charge on any atom is -0.411 e. The van der Waals surface area contributed by atoms with Gasteiger partial charge in [0.15, 0.2) is 0 Å². The lowest BCUT2D eigenvalue weighted by molar-refractivity contribution is -0.0284. The lowest BCUT2D eigenvalue weighted by atomic mass is 9.81. The van der Waals surface area contributed by atoms with E-state index in [0.717, 1.165) is 30.5 Å². The molecule has 0 saturated heterocycles. The van der Waals surface area contributed by atoms with Crippen molar-refractivity contribution in [1.29, 1.82) is 0 Å². The van der Waals surface area contributed by atoms with Crippen LogP contribution in [0.3, 0.4) is 0 Å². The van der Waals surface area contributed by atoms with Gasteiger partial charge in [-0.1, -0.05) is 53.7 Å². The maximum absolute atomic E-state index is 9.60. The Labute approximate surface area is 130 Å². The zero-order chi connectivity index (χ0) is 15.2. The van der Waals surface area contributed by atoms with Crippen LogP contribution in [-0.4, -0.2) is 23.6 Å². The highest BCUT2D eigenvalue weighted by atomic mass is 16.5. The van der Waals surface area contributed by atoms with Crippen LogP contribution in [0.2, 0.25) is 0 Å². The number of hydrogen-bond acceptors (Lipinski definition) is 3. The number of hydrogen-bond donors (Lipinski definition) is 1. The first kappa shape index (κ1) is 13.5. The van der Waals surface area contributed by atoms with Crippen molar-refractivity contribution in [2.24, 2.45) is 11.1 Å². The number of rotatable bonds is 2. The largest absolute Gasteiger partial charge is 0.411 e. The first-order valence-electron chi connectivity index (χ1n) is 7.69. The normalized spacial score (nSPS) is 23.5. The second kappa shape index (κ2) is 4.96. The van der Waals surface area contributed by atoms with Crippen LogP contribution in [0.4, 0.5) is 0 Å². The van der Waals surface area contributed by atoms with Gasteiger partial charge in [-0.25, -0.2) is 0 Å². The Balaban J connectivity index is 1.76. The Hall–Kier alpha value is -2.13. The molecular weight excluding hydrogens is 274 g/mol. The third kappa shape index (κ3) is 1.82. The average molecular weight is 293 g/mol. The summed E-state index contributed by atoms with van der Waals surface area (Å²) >= 11 is 0. The molecule has 0 bridgehead atoms. The third-order valence-corrected chi connectivity index (χ3v) is 5.29. The quantitative estimate of drug-likeness (QED) is 0.682. The molecular formula is C19H19NO2. The van der Waals surface area contributed by atoms with Crippen LogP contribution >= 0.6 is 0 Å². The summed E-state index contributed by atoms with van der Waals surface area (Å²) in [5.74, 6) is 0.0901. The molecule has 0 aromatic heterocycles. The lowest BCUT2D eigenvalue weighted by Crippen LogP contribution is -2.44. The summed E-state index contributed by atoms with van der Waals surface area (Å²) in [5.41, 5.74) is 5.44. The van der Waals surface area contributed by atoms with Gasteiger partial charge in [-0.05, 0) is 23.1 Å². The Morgan fingerprint density at radius 2 is 1.59 bits per heavy atom. The molecule has 3 nitrogen and oxygen atoms in total. The molecule has 4 rings (SSSR count). The van der Waals surface area contributed by atoms with Crippen molar-refractivity contribution < 1.29 is 9.94 Å². The molecule has 3 heteroatoms. The highest BCUT2D eigenvalue weighted by Crippen LogP contribution is 2.44. The number of benzene rings is 2. The van der Waals surface area contributed by atoms with Gasteiger partial charge < -0.3 is 9.94 Å². The highest BCUT2D eigenvalue weighted by molar-refractivity contribution is 6.06. The van der Waals surface area contributed by atoms with E-state index in [0.29, 0.717) is 0 Å². The van der Waals surface area contributed by atoms with Crippen molar-refractivity contribution in [1.82, 2.24) is 0 Å². The maximum Gasteiger partial charge on any atom is 0.0933 e. The fraction of sp³-hybridized carbons (Fsp3) is 0.316. The molecule has 0 saturated carbocycles. The fourth-order valence-electron chi connectivity index (χ4n) is 4.15.